The van der Waals surface area contributed by atoms with Gasteiger partial charge in [0.05, 0.1) is 13.1 Å². The van der Waals surface area contributed by atoms with Crippen molar-refractivity contribution in [3.05, 3.63) is 0 Å². The largest absolute Gasteiger partial charge is 0.444 e. The lowest BCUT2D eigenvalue weighted by atomic mass is 9.91. The molecule has 1 rings (SSSR count). The molecule has 0 aromatic heterocycles. The molecule has 0 saturated carbocycles. The minimum Gasteiger partial charge on any atom is -0.444 e. The van der Waals surface area contributed by atoms with Gasteiger partial charge >= 0.3 is 6.09 Å². The first-order chi connectivity index (χ1) is 7.32. The molecule has 1 amide bonds. The Bertz CT molecular complexity index is 253. The predicted molar refractivity (Wildman–Crippen MR) is 59.2 cm³/mol. The fourth-order valence-electron chi connectivity index (χ4n) is 1.70. The average Bonchev–Trinajstić information content (AvgIpc) is 2.07. The number of nitrogens with zero attached hydrogens (tertiary/aromatic N) is 1. The van der Waals surface area contributed by atoms with Crippen LogP contribution < -0.4 is 0 Å². The van der Waals surface area contributed by atoms with Crippen molar-refractivity contribution in [3.8, 4) is 0 Å². The van der Waals surface area contributed by atoms with Crippen molar-refractivity contribution < 1.29 is 19.4 Å². The first-order valence-corrected chi connectivity index (χ1v) is 5.46. The van der Waals surface area contributed by atoms with Gasteiger partial charge in [-0.25, -0.2) is 4.79 Å². The number of ether oxygens (including phenoxy) is 2. The lowest BCUT2D eigenvalue weighted by Gasteiger charge is -2.48. The molecule has 0 bridgehead atoms. The third kappa shape index (κ3) is 3.09. The molecule has 0 spiro atoms. The van der Waals surface area contributed by atoms with Crippen LogP contribution in [0.4, 0.5) is 4.79 Å². The van der Waals surface area contributed by atoms with E-state index in [1.165, 1.54) is 0 Å². The second-order valence-electron chi connectivity index (χ2n) is 5.20. The highest BCUT2D eigenvalue weighted by Gasteiger charge is 2.46. The van der Waals surface area contributed by atoms with E-state index in [-0.39, 0.29) is 18.3 Å². The monoisotopic (exact) mass is 231 g/mol. The van der Waals surface area contributed by atoms with Crippen LogP contribution in [0.25, 0.3) is 0 Å². The highest BCUT2D eigenvalue weighted by atomic mass is 16.6. The third-order valence-corrected chi connectivity index (χ3v) is 2.61. The van der Waals surface area contributed by atoms with Gasteiger partial charge in [-0.05, 0) is 20.8 Å². The summed E-state index contributed by atoms with van der Waals surface area (Å²) in [4.78, 5) is 13.2. The van der Waals surface area contributed by atoms with Gasteiger partial charge in [0.25, 0.3) is 0 Å². The van der Waals surface area contributed by atoms with Crippen LogP contribution in [0.15, 0.2) is 0 Å². The number of carbonyl (C=O) groups is 1. The molecule has 0 unspecified atom stereocenters. The van der Waals surface area contributed by atoms with E-state index in [0.29, 0.717) is 19.5 Å². The maximum Gasteiger partial charge on any atom is 0.410 e. The molecule has 5 heteroatoms. The molecule has 16 heavy (non-hydrogen) atoms. The molecule has 0 aromatic rings. The van der Waals surface area contributed by atoms with Crippen molar-refractivity contribution in [2.75, 3.05) is 26.8 Å². The summed E-state index contributed by atoms with van der Waals surface area (Å²) in [5.74, 6) is 0. The fourth-order valence-corrected chi connectivity index (χ4v) is 1.70. The summed E-state index contributed by atoms with van der Waals surface area (Å²) in [6, 6.07) is 0. The van der Waals surface area contributed by atoms with E-state index >= 15 is 0 Å². The fraction of sp³-hybridized carbons (Fsp3) is 0.909. The van der Waals surface area contributed by atoms with E-state index in [1.54, 1.807) is 12.0 Å². The Morgan fingerprint density at radius 1 is 1.44 bits per heavy atom. The number of likely N-dealkylation sites (tertiary alicyclic amines) is 1. The summed E-state index contributed by atoms with van der Waals surface area (Å²) in [5, 5.41) is 8.89. The number of methoxy groups -OCH3 is 1. The molecule has 1 aliphatic rings. The van der Waals surface area contributed by atoms with Crippen molar-refractivity contribution in [2.24, 2.45) is 0 Å². The van der Waals surface area contributed by atoms with Crippen LogP contribution in [0.3, 0.4) is 0 Å². The molecular formula is C11H21NO4. The topological polar surface area (TPSA) is 59.0 Å². The number of aliphatic hydroxyl groups is 1. The molecule has 1 heterocycles. The first-order valence-electron chi connectivity index (χ1n) is 5.46. The molecule has 5 nitrogen and oxygen atoms in total. The van der Waals surface area contributed by atoms with Gasteiger partial charge in [-0.3, -0.25) is 0 Å². The van der Waals surface area contributed by atoms with Gasteiger partial charge in [0.2, 0.25) is 0 Å². The second-order valence-corrected chi connectivity index (χ2v) is 5.20. The lowest BCUT2D eigenvalue weighted by Crippen LogP contribution is -2.65. The SMILES string of the molecule is COC1(CCO)CN(C(=O)OC(C)(C)C)C1. The van der Waals surface area contributed by atoms with Crippen LogP contribution in [0.1, 0.15) is 27.2 Å². The van der Waals surface area contributed by atoms with E-state index in [2.05, 4.69) is 0 Å². The predicted octanol–water partition coefficient (Wildman–Crippen LogP) is 1.00. The normalized spacial score (nSPS) is 19.2. The number of aliphatic hydroxyl groups excluding tert-OH is 1. The first kappa shape index (κ1) is 13.3. The van der Waals surface area contributed by atoms with Crippen LogP contribution in [0.2, 0.25) is 0 Å². The summed E-state index contributed by atoms with van der Waals surface area (Å²) in [6.45, 7) is 6.54. The minimum absolute atomic E-state index is 0.0655. The Morgan fingerprint density at radius 2 is 2.00 bits per heavy atom. The van der Waals surface area contributed by atoms with Crippen LogP contribution in [0, 0.1) is 0 Å². The molecule has 1 saturated heterocycles. The average molecular weight is 231 g/mol. The van der Waals surface area contributed by atoms with Gasteiger partial charge in [-0.15, -0.1) is 0 Å². The van der Waals surface area contributed by atoms with Gasteiger partial charge in [0.1, 0.15) is 11.2 Å². The molecule has 94 valence electrons. The van der Waals surface area contributed by atoms with Crippen LogP contribution in [-0.4, -0.2) is 54.1 Å². The Hall–Kier alpha value is -0.810. The van der Waals surface area contributed by atoms with Gasteiger partial charge in [-0.2, -0.15) is 0 Å². The number of carbonyl (C=O) groups excluding carboxylic acids is 1. The van der Waals surface area contributed by atoms with Crippen LogP contribution in [-0.2, 0) is 9.47 Å². The minimum atomic E-state index is -0.473. The highest BCUT2D eigenvalue weighted by Crippen LogP contribution is 2.29. The van der Waals surface area contributed by atoms with Gasteiger partial charge < -0.3 is 19.5 Å². The summed E-state index contributed by atoms with van der Waals surface area (Å²) in [5.41, 5.74) is -0.856. The van der Waals surface area contributed by atoms with Crippen molar-refractivity contribution in [1.82, 2.24) is 4.90 Å². The van der Waals surface area contributed by atoms with Crippen molar-refractivity contribution in [2.45, 2.75) is 38.4 Å². The summed E-state index contributed by atoms with van der Waals surface area (Å²) < 4.78 is 10.5. The summed E-state index contributed by atoms with van der Waals surface area (Å²) >= 11 is 0. The highest BCUT2D eigenvalue weighted by molar-refractivity contribution is 5.69. The Kier molecular flexibility index (Phi) is 3.80. The van der Waals surface area contributed by atoms with Gasteiger partial charge in [-0.1, -0.05) is 0 Å². The van der Waals surface area contributed by atoms with E-state index in [4.69, 9.17) is 14.6 Å². The molecule has 1 aliphatic heterocycles. The summed E-state index contributed by atoms with van der Waals surface area (Å²) in [6.07, 6.45) is 0.223. The Morgan fingerprint density at radius 3 is 2.38 bits per heavy atom. The molecule has 1 N–H and O–H groups in total. The smallest absolute Gasteiger partial charge is 0.410 e. The van der Waals surface area contributed by atoms with E-state index < -0.39 is 5.60 Å². The molecule has 1 fully saturated rings. The maximum atomic E-state index is 11.6. The zero-order chi connectivity index (χ0) is 12.4. The standard InChI is InChI=1S/C11H21NO4/c1-10(2,3)16-9(14)12-7-11(8-12,15-4)5-6-13/h13H,5-8H2,1-4H3. The number of amides is 1. The van der Waals surface area contributed by atoms with Gasteiger partial charge in [0, 0.05) is 20.1 Å². The molecule has 0 atom stereocenters. The zero-order valence-corrected chi connectivity index (χ0v) is 10.4. The van der Waals surface area contributed by atoms with Crippen molar-refractivity contribution >= 4 is 6.09 Å². The molecular weight excluding hydrogens is 210 g/mol. The number of hydrogen-bond acceptors (Lipinski definition) is 4. The molecule has 0 aliphatic carbocycles. The molecule has 0 aromatic carbocycles. The number of hydrogen-bond donors (Lipinski definition) is 1. The summed E-state index contributed by atoms with van der Waals surface area (Å²) in [7, 11) is 1.60. The second kappa shape index (κ2) is 4.59. The Labute approximate surface area is 96.3 Å². The quantitative estimate of drug-likeness (QED) is 0.787. The third-order valence-electron chi connectivity index (χ3n) is 2.61. The molecule has 0 radical (unpaired) electrons. The van der Waals surface area contributed by atoms with Crippen LogP contribution >= 0.6 is 0 Å². The van der Waals surface area contributed by atoms with Crippen molar-refractivity contribution in [1.29, 1.82) is 0 Å². The van der Waals surface area contributed by atoms with E-state index in [9.17, 15) is 4.79 Å². The van der Waals surface area contributed by atoms with Crippen LogP contribution in [0.5, 0.6) is 0 Å². The van der Waals surface area contributed by atoms with Gasteiger partial charge in [0.15, 0.2) is 0 Å². The lowest BCUT2D eigenvalue weighted by molar-refractivity contribution is -0.130. The maximum absolute atomic E-state index is 11.6. The Balaban J connectivity index is 2.42. The van der Waals surface area contributed by atoms with E-state index in [0.717, 1.165) is 0 Å². The van der Waals surface area contributed by atoms with E-state index in [1.807, 2.05) is 20.8 Å². The van der Waals surface area contributed by atoms with Crippen molar-refractivity contribution in [3.63, 3.8) is 0 Å². The zero-order valence-electron chi connectivity index (χ0n) is 10.4. The number of rotatable bonds is 3.